The van der Waals surface area contributed by atoms with Crippen LogP contribution in [0.25, 0.3) is 0 Å². The predicted molar refractivity (Wildman–Crippen MR) is 82.5 cm³/mol. The van der Waals surface area contributed by atoms with Crippen molar-refractivity contribution in [3.8, 4) is 0 Å². The molecule has 0 bridgehead atoms. The first kappa shape index (κ1) is 15.5. The lowest BCUT2D eigenvalue weighted by atomic mass is 9.94. The molecular formula is C15H24ClN3O. The third kappa shape index (κ3) is 3.07. The second-order valence-electron chi connectivity index (χ2n) is 6.82. The molecule has 2 heterocycles. The maximum atomic E-state index is 10.1. The van der Waals surface area contributed by atoms with Gasteiger partial charge in [-0.1, -0.05) is 39.3 Å². The zero-order valence-corrected chi connectivity index (χ0v) is 13.7. The molecule has 2 atom stereocenters. The summed E-state index contributed by atoms with van der Waals surface area (Å²) in [6.45, 7) is 11.8. The van der Waals surface area contributed by atoms with Gasteiger partial charge >= 0.3 is 0 Å². The third-order valence-electron chi connectivity index (χ3n) is 3.95. The first-order valence-electron chi connectivity index (χ1n) is 7.17. The Morgan fingerprint density at radius 3 is 2.50 bits per heavy atom. The Kier molecular flexibility index (Phi) is 4.26. The van der Waals surface area contributed by atoms with Crippen molar-refractivity contribution < 1.29 is 5.11 Å². The summed E-state index contributed by atoms with van der Waals surface area (Å²) in [5, 5.41) is 10.6. The van der Waals surface area contributed by atoms with Crippen LogP contribution in [0, 0.1) is 12.8 Å². The summed E-state index contributed by atoms with van der Waals surface area (Å²) in [6.07, 6.45) is 0.655. The summed E-state index contributed by atoms with van der Waals surface area (Å²) >= 11 is 6.27. The smallest absolute Gasteiger partial charge is 0.137 e. The van der Waals surface area contributed by atoms with Gasteiger partial charge in [0.25, 0.3) is 0 Å². The number of aromatic nitrogens is 2. The van der Waals surface area contributed by atoms with Crippen molar-refractivity contribution in [1.29, 1.82) is 0 Å². The maximum Gasteiger partial charge on any atom is 0.137 e. The van der Waals surface area contributed by atoms with Crippen molar-refractivity contribution in [2.24, 2.45) is 5.92 Å². The van der Waals surface area contributed by atoms with Crippen LogP contribution < -0.4 is 4.90 Å². The van der Waals surface area contributed by atoms with E-state index in [1.807, 2.05) is 6.92 Å². The lowest BCUT2D eigenvalue weighted by molar-refractivity contribution is 0.102. The van der Waals surface area contributed by atoms with Gasteiger partial charge < -0.3 is 10.0 Å². The molecule has 5 heteroatoms. The van der Waals surface area contributed by atoms with Crippen LogP contribution in [0.5, 0.6) is 0 Å². The quantitative estimate of drug-likeness (QED) is 0.810. The lowest BCUT2D eigenvalue weighted by Gasteiger charge is -2.36. The molecule has 0 amide bonds. The molecule has 1 aromatic rings. The number of piperidine rings is 1. The monoisotopic (exact) mass is 297 g/mol. The number of halogens is 1. The van der Waals surface area contributed by atoms with Gasteiger partial charge in [0, 0.05) is 24.1 Å². The molecule has 1 aromatic heterocycles. The van der Waals surface area contributed by atoms with Crippen LogP contribution >= 0.6 is 11.6 Å². The van der Waals surface area contributed by atoms with E-state index >= 15 is 0 Å². The van der Waals surface area contributed by atoms with Crippen LogP contribution in [-0.2, 0) is 5.41 Å². The normalized spacial score (nSPS) is 24.1. The predicted octanol–water partition coefficient (Wildman–Crippen LogP) is 2.94. The summed E-state index contributed by atoms with van der Waals surface area (Å²) in [5.74, 6) is 1.95. The number of nitrogens with zero attached hydrogens (tertiary/aromatic N) is 3. The van der Waals surface area contributed by atoms with E-state index in [1.165, 1.54) is 0 Å². The van der Waals surface area contributed by atoms with Crippen molar-refractivity contribution in [3.63, 3.8) is 0 Å². The van der Waals surface area contributed by atoms with Gasteiger partial charge in [-0.25, -0.2) is 9.97 Å². The van der Waals surface area contributed by atoms with Crippen LogP contribution in [0.4, 0.5) is 5.82 Å². The van der Waals surface area contributed by atoms with Gasteiger partial charge in [-0.3, -0.25) is 0 Å². The van der Waals surface area contributed by atoms with E-state index in [1.54, 1.807) is 0 Å². The van der Waals surface area contributed by atoms with Gasteiger partial charge in [-0.2, -0.15) is 0 Å². The Hall–Kier alpha value is -0.870. The molecule has 0 saturated carbocycles. The summed E-state index contributed by atoms with van der Waals surface area (Å²) in [7, 11) is 0. The summed E-state index contributed by atoms with van der Waals surface area (Å²) in [5.41, 5.74) is 0.745. The molecule has 1 fully saturated rings. The number of aliphatic hydroxyl groups is 1. The molecule has 0 aliphatic carbocycles. The average Bonchev–Trinajstić information content (AvgIpc) is 2.34. The van der Waals surface area contributed by atoms with E-state index in [4.69, 9.17) is 16.6 Å². The highest BCUT2D eigenvalue weighted by Crippen LogP contribution is 2.30. The van der Waals surface area contributed by atoms with Crippen molar-refractivity contribution in [2.45, 2.75) is 52.6 Å². The van der Waals surface area contributed by atoms with Gasteiger partial charge in [0.15, 0.2) is 0 Å². The number of rotatable bonds is 1. The van der Waals surface area contributed by atoms with E-state index in [9.17, 15) is 5.11 Å². The van der Waals surface area contributed by atoms with E-state index in [-0.39, 0.29) is 11.5 Å². The summed E-state index contributed by atoms with van der Waals surface area (Å²) in [4.78, 5) is 11.2. The fraction of sp³-hybridized carbons (Fsp3) is 0.733. The van der Waals surface area contributed by atoms with E-state index in [0.29, 0.717) is 17.6 Å². The summed E-state index contributed by atoms with van der Waals surface area (Å²) in [6, 6.07) is 0. The summed E-state index contributed by atoms with van der Waals surface area (Å²) < 4.78 is 0. The first-order chi connectivity index (χ1) is 9.20. The topological polar surface area (TPSA) is 49.2 Å². The van der Waals surface area contributed by atoms with Crippen LogP contribution in [0.2, 0.25) is 5.15 Å². The molecule has 1 saturated heterocycles. The number of hydrogen-bond donors (Lipinski definition) is 1. The molecule has 4 nitrogen and oxygen atoms in total. The molecule has 0 radical (unpaired) electrons. The largest absolute Gasteiger partial charge is 0.391 e. The van der Waals surface area contributed by atoms with Crippen LogP contribution in [0.1, 0.15) is 45.5 Å². The Morgan fingerprint density at radius 1 is 1.30 bits per heavy atom. The standard InChI is InChI=1S/C15H24ClN3O/c1-9-6-7-19(8-11(9)20)13-10(2)12(16)17-14(18-13)15(3,4)5/h9,11,20H,6-8H2,1-5H3. The lowest BCUT2D eigenvalue weighted by Crippen LogP contribution is -2.43. The van der Waals surface area contributed by atoms with E-state index in [2.05, 4.69) is 37.6 Å². The Balaban J connectivity index is 2.38. The minimum absolute atomic E-state index is 0.145. The van der Waals surface area contributed by atoms with Crippen LogP contribution in [0.15, 0.2) is 0 Å². The fourth-order valence-electron chi connectivity index (χ4n) is 2.36. The zero-order chi connectivity index (χ0) is 15.1. The zero-order valence-electron chi connectivity index (χ0n) is 12.9. The SMILES string of the molecule is Cc1c(Cl)nc(C(C)(C)C)nc1N1CCC(C)C(O)C1. The molecule has 1 N–H and O–H groups in total. The minimum atomic E-state index is -0.310. The molecular weight excluding hydrogens is 274 g/mol. The molecule has 1 aliphatic rings. The van der Waals surface area contributed by atoms with Crippen LogP contribution in [0.3, 0.4) is 0 Å². The fourth-order valence-corrected chi connectivity index (χ4v) is 2.53. The molecule has 2 rings (SSSR count). The van der Waals surface area contributed by atoms with Gasteiger partial charge in [0.05, 0.1) is 6.10 Å². The number of β-amino-alcohol motifs (C(OH)–C–C–N with tert-alkyl or cyclic N) is 1. The highest BCUT2D eigenvalue weighted by molar-refractivity contribution is 6.30. The van der Waals surface area contributed by atoms with Crippen molar-refractivity contribution >= 4 is 17.4 Å². The third-order valence-corrected chi connectivity index (χ3v) is 4.32. The van der Waals surface area contributed by atoms with Crippen molar-refractivity contribution in [3.05, 3.63) is 16.5 Å². The van der Waals surface area contributed by atoms with Crippen LogP contribution in [-0.4, -0.2) is 34.3 Å². The Labute approximate surface area is 126 Å². The van der Waals surface area contributed by atoms with Gasteiger partial charge in [-0.15, -0.1) is 0 Å². The molecule has 2 unspecified atom stereocenters. The molecule has 20 heavy (non-hydrogen) atoms. The van der Waals surface area contributed by atoms with Gasteiger partial charge in [0.2, 0.25) is 0 Å². The average molecular weight is 298 g/mol. The van der Waals surface area contributed by atoms with Gasteiger partial charge in [0.1, 0.15) is 16.8 Å². The molecule has 0 aromatic carbocycles. The number of aliphatic hydroxyl groups excluding tert-OH is 1. The van der Waals surface area contributed by atoms with E-state index < -0.39 is 0 Å². The number of hydrogen-bond acceptors (Lipinski definition) is 4. The van der Waals surface area contributed by atoms with Crippen molar-refractivity contribution in [2.75, 3.05) is 18.0 Å². The highest BCUT2D eigenvalue weighted by atomic mass is 35.5. The second kappa shape index (κ2) is 5.49. The maximum absolute atomic E-state index is 10.1. The van der Waals surface area contributed by atoms with Gasteiger partial charge in [-0.05, 0) is 19.3 Å². The Morgan fingerprint density at radius 2 is 1.95 bits per heavy atom. The minimum Gasteiger partial charge on any atom is -0.391 e. The highest BCUT2D eigenvalue weighted by Gasteiger charge is 2.28. The second-order valence-corrected chi connectivity index (χ2v) is 7.17. The van der Waals surface area contributed by atoms with E-state index in [0.717, 1.165) is 30.2 Å². The van der Waals surface area contributed by atoms with Crippen molar-refractivity contribution in [1.82, 2.24) is 9.97 Å². The number of anilines is 1. The Bertz CT molecular complexity index is 499. The molecule has 0 spiro atoms. The first-order valence-corrected chi connectivity index (χ1v) is 7.55. The molecule has 1 aliphatic heterocycles. The molecule has 112 valence electrons.